The summed E-state index contributed by atoms with van der Waals surface area (Å²) in [6, 6.07) is 0.571. The quantitative estimate of drug-likeness (QED) is 0.446. The van der Waals surface area contributed by atoms with Crippen LogP contribution in [-0.4, -0.2) is 47.0 Å². The highest BCUT2D eigenvalue weighted by Crippen LogP contribution is 2.44. The number of aryl methyl sites for hydroxylation is 1. The molecular weight excluding hydrogens is 292 g/mol. The summed E-state index contributed by atoms with van der Waals surface area (Å²) in [5, 5.41) is 15.1. The van der Waals surface area contributed by atoms with Crippen LogP contribution in [0.4, 0.5) is 0 Å². The van der Waals surface area contributed by atoms with Crippen molar-refractivity contribution in [2.24, 2.45) is 23.9 Å². The number of fused-ring (bicyclic) bond motifs is 2. The molecule has 0 amide bonds. The number of hydrogen-bond donors (Lipinski definition) is 2. The fraction of sp³-hybridized carbons (Fsp3) is 0.812. The summed E-state index contributed by atoms with van der Waals surface area (Å²) in [5.41, 5.74) is 0. The molecule has 2 aliphatic rings. The van der Waals surface area contributed by atoms with Crippen molar-refractivity contribution in [3.8, 4) is 0 Å². The minimum atomic E-state index is 0.539. The summed E-state index contributed by atoms with van der Waals surface area (Å²) in [6.45, 7) is 2.16. The van der Waals surface area contributed by atoms with Gasteiger partial charge in [0.15, 0.2) is 11.8 Å². The second-order valence-corrected chi connectivity index (χ2v) is 6.72. The molecule has 3 atom stereocenters. The lowest BCUT2D eigenvalue weighted by molar-refractivity contribution is 0.195. The highest BCUT2D eigenvalue weighted by molar-refractivity contribution is 5.80. The molecule has 0 radical (unpaired) electrons. The van der Waals surface area contributed by atoms with Gasteiger partial charge in [0.1, 0.15) is 12.9 Å². The normalized spacial score (nSPS) is 26.7. The molecule has 2 N–H and O–H groups in total. The molecule has 3 unspecified atom stereocenters. The van der Waals surface area contributed by atoms with Gasteiger partial charge in [-0.1, -0.05) is 6.42 Å². The lowest BCUT2D eigenvalue weighted by atomic mass is 9.95. The predicted octanol–water partition coefficient (Wildman–Crippen LogP) is 1.08. The SMILES string of the molecule is COCCCNC(=NCc1nncn1C)NC1CC2CCC1C2. The van der Waals surface area contributed by atoms with Gasteiger partial charge in [0.05, 0.1) is 0 Å². The van der Waals surface area contributed by atoms with Crippen LogP contribution in [0.15, 0.2) is 11.3 Å². The third kappa shape index (κ3) is 4.22. The number of nitrogens with zero attached hydrogens (tertiary/aromatic N) is 4. The number of methoxy groups -OCH3 is 1. The molecule has 1 heterocycles. The minimum Gasteiger partial charge on any atom is -0.385 e. The van der Waals surface area contributed by atoms with Gasteiger partial charge in [-0.05, 0) is 37.5 Å². The Balaban J connectivity index is 1.57. The van der Waals surface area contributed by atoms with Gasteiger partial charge in [-0.2, -0.15) is 0 Å². The third-order valence-electron chi connectivity index (χ3n) is 5.06. The molecule has 0 aromatic carbocycles. The number of hydrogen-bond acceptors (Lipinski definition) is 4. The Morgan fingerprint density at radius 3 is 3.00 bits per heavy atom. The molecule has 2 fully saturated rings. The molecule has 0 saturated heterocycles. The van der Waals surface area contributed by atoms with Gasteiger partial charge in [0.25, 0.3) is 0 Å². The van der Waals surface area contributed by atoms with Gasteiger partial charge in [0, 0.05) is 33.4 Å². The van der Waals surface area contributed by atoms with Crippen molar-refractivity contribution in [2.75, 3.05) is 20.3 Å². The van der Waals surface area contributed by atoms with E-state index in [0.29, 0.717) is 12.6 Å². The molecule has 7 heteroatoms. The predicted molar refractivity (Wildman–Crippen MR) is 89.0 cm³/mol. The average Bonchev–Trinajstić information content (AvgIpc) is 3.26. The van der Waals surface area contributed by atoms with Crippen molar-refractivity contribution in [3.05, 3.63) is 12.2 Å². The Morgan fingerprint density at radius 1 is 1.43 bits per heavy atom. The number of guanidine groups is 1. The van der Waals surface area contributed by atoms with Crippen molar-refractivity contribution in [1.82, 2.24) is 25.4 Å². The lowest BCUT2D eigenvalue weighted by Gasteiger charge is -2.25. The zero-order chi connectivity index (χ0) is 16.1. The maximum atomic E-state index is 5.11. The van der Waals surface area contributed by atoms with Crippen LogP contribution in [0.2, 0.25) is 0 Å². The van der Waals surface area contributed by atoms with Crippen molar-refractivity contribution in [3.63, 3.8) is 0 Å². The number of nitrogens with one attached hydrogen (secondary N) is 2. The van der Waals surface area contributed by atoms with Gasteiger partial charge in [-0.25, -0.2) is 4.99 Å². The van der Waals surface area contributed by atoms with E-state index in [4.69, 9.17) is 9.73 Å². The summed E-state index contributed by atoms with van der Waals surface area (Å²) >= 11 is 0. The van der Waals surface area contributed by atoms with E-state index in [0.717, 1.165) is 43.2 Å². The van der Waals surface area contributed by atoms with Gasteiger partial charge in [-0.3, -0.25) is 0 Å². The van der Waals surface area contributed by atoms with E-state index in [1.807, 2.05) is 11.6 Å². The summed E-state index contributed by atoms with van der Waals surface area (Å²) in [6.07, 6.45) is 8.13. The maximum Gasteiger partial charge on any atom is 0.191 e. The van der Waals surface area contributed by atoms with Gasteiger partial charge in [0.2, 0.25) is 0 Å². The van der Waals surface area contributed by atoms with Crippen LogP contribution in [0.25, 0.3) is 0 Å². The Bertz CT molecular complexity index is 528. The Hall–Kier alpha value is -1.63. The maximum absolute atomic E-state index is 5.11. The molecule has 2 bridgehead atoms. The number of rotatable bonds is 7. The lowest BCUT2D eigenvalue weighted by Crippen LogP contribution is -2.46. The van der Waals surface area contributed by atoms with Crippen LogP contribution in [0.5, 0.6) is 0 Å². The number of aromatic nitrogens is 3. The highest BCUT2D eigenvalue weighted by atomic mass is 16.5. The van der Waals surface area contributed by atoms with Gasteiger partial charge in [-0.15, -0.1) is 10.2 Å². The topological polar surface area (TPSA) is 76.4 Å². The van der Waals surface area contributed by atoms with Crippen LogP contribution < -0.4 is 10.6 Å². The first-order valence-corrected chi connectivity index (χ1v) is 8.63. The van der Waals surface area contributed by atoms with E-state index >= 15 is 0 Å². The van der Waals surface area contributed by atoms with Gasteiger partial charge < -0.3 is 19.9 Å². The molecule has 3 rings (SSSR count). The first-order valence-electron chi connectivity index (χ1n) is 8.63. The van der Waals surface area contributed by atoms with Crippen molar-refractivity contribution in [2.45, 2.75) is 44.7 Å². The second kappa shape index (κ2) is 7.77. The molecule has 23 heavy (non-hydrogen) atoms. The fourth-order valence-corrected chi connectivity index (χ4v) is 3.77. The Labute approximate surface area is 137 Å². The summed E-state index contributed by atoms with van der Waals surface area (Å²) in [5.74, 6) is 3.50. The molecule has 1 aromatic rings. The van der Waals surface area contributed by atoms with E-state index in [-0.39, 0.29) is 0 Å². The third-order valence-corrected chi connectivity index (χ3v) is 5.06. The van der Waals surface area contributed by atoms with Crippen LogP contribution >= 0.6 is 0 Å². The zero-order valence-corrected chi connectivity index (χ0v) is 14.2. The van der Waals surface area contributed by atoms with E-state index in [9.17, 15) is 0 Å². The monoisotopic (exact) mass is 320 g/mol. The number of ether oxygens (including phenoxy) is 1. The molecule has 7 nitrogen and oxygen atoms in total. The smallest absolute Gasteiger partial charge is 0.191 e. The van der Waals surface area contributed by atoms with E-state index in [2.05, 4.69) is 20.8 Å². The zero-order valence-electron chi connectivity index (χ0n) is 14.2. The second-order valence-electron chi connectivity index (χ2n) is 6.72. The van der Waals surface area contributed by atoms with Crippen LogP contribution in [0.1, 0.15) is 37.9 Å². The Morgan fingerprint density at radius 2 is 2.35 bits per heavy atom. The minimum absolute atomic E-state index is 0.539. The van der Waals surface area contributed by atoms with E-state index in [1.54, 1.807) is 13.4 Å². The van der Waals surface area contributed by atoms with Crippen LogP contribution in [-0.2, 0) is 18.3 Å². The van der Waals surface area contributed by atoms with Crippen molar-refractivity contribution < 1.29 is 4.74 Å². The summed E-state index contributed by atoms with van der Waals surface area (Å²) in [4.78, 5) is 4.70. The first-order chi connectivity index (χ1) is 11.3. The molecule has 0 spiro atoms. The van der Waals surface area contributed by atoms with Gasteiger partial charge >= 0.3 is 0 Å². The van der Waals surface area contributed by atoms with Crippen LogP contribution in [0, 0.1) is 11.8 Å². The molecule has 2 aliphatic carbocycles. The highest BCUT2D eigenvalue weighted by Gasteiger charge is 2.39. The standard InChI is InChI=1S/C16H28N6O/c1-22-11-19-21-15(22)10-18-16(17-6-3-7-23-2)20-14-9-12-4-5-13(14)8-12/h11-14H,3-10H2,1-2H3,(H2,17,18,20). The van der Waals surface area contributed by atoms with Crippen molar-refractivity contribution >= 4 is 5.96 Å². The first kappa shape index (κ1) is 16.2. The number of aliphatic imine (C=N–C) groups is 1. The molecule has 0 aliphatic heterocycles. The van der Waals surface area contributed by atoms with E-state index < -0.39 is 0 Å². The molecule has 128 valence electrons. The molecule has 1 aromatic heterocycles. The summed E-state index contributed by atoms with van der Waals surface area (Å²) in [7, 11) is 3.68. The molecule has 2 saturated carbocycles. The van der Waals surface area contributed by atoms with Crippen LogP contribution in [0.3, 0.4) is 0 Å². The molecular formula is C16H28N6O. The summed E-state index contributed by atoms with van der Waals surface area (Å²) < 4.78 is 7.02. The Kier molecular flexibility index (Phi) is 5.48. The fourth-order valence-electron chi connectivity index (χ4n) is 3.77. The average molecular weight is 320 g/mol. The largest absolute Gasteiger partial charge is 0.385 e. The van der Waals surface area contributed by atoms with E-state index in [1.165, 1.54) is 25.7 Å². The van der Waals surface area contributed by atoms with Crippen molar-refractivity contribution in [1.29, 1.82) is 0 Å².